The summed E-state index contributed by atoms with van der Waals surface area (Å²) in [7, 11) is 1.16. The van der Waals surface area contributed by atoms with Crippen molar-refractivity contribution in [2.24, 2.45) is 0 Å². The Hall–Kier alpha value is -4.17. The summed E-state index contributed by atoms with van der Waals surface area (Å²) in [4.78, 5) is 29.8. The third kappa shape index (κ3) is 5.96. The van der Waals surface area contributed by atoms with Crippen molar-refractivity contribution < 1.29 is 32.5 Å². The SMILES string of the molecule is CCOc1ccccc1-n1nc(Cn2nc(-c3ccc(Cl)cc3)n(C[C@H](O)C(F)(F)F)c2=O)nc1C(=O)OC. The molecule has 0 amide bonds. The van der Waals surface area contributed by atoms with Crippen LogP contribution < -0.4 is 10.4 Å². The molecule has 39 heavy (non-hydrogen) atoms. The van der Waals surface area contributed by atoms with Crippen LogP contribution >= 0.6 is 11.6 Å². The lowest BCUT2D eigenvalue weighted by atomic mass is 10.2. The number of aliphatic hydroxyl groups is 1. The van der Waals surface area contributed by atoms with Gasteiger partial charge in [-0.1, -0.05) is 23.7 Å². The summed E-state index contributed by atoms with van der Waals surface area (Å²) in [5.41, 5.74) is -0.315. The van der Waals surface area contributed by atoms with Crippen molar-refractivity contribution in [3.05, 3.63) is 75.7 Å². The van der Waals surface area contributed by atoms with Gasteiger partial charge in [-0.2, -0.15) is 13.2 Å². The highest BCUT2D eigenvalue weighted by Gasteiger charge is 2.39. The number of aromatic nitrogens is 6. The van der Waals surface area contributed by atoms with Crippen molar-refractivity contribution in [2.45, 2.75) is 32.3 Å². The van der Waals surface area contributed by atoms with Gasteiger partial charge in [-0.3, -0.25) is 4.57 Å². The van der Waals surface area contributed by atoms with Gasteiger partial charge < -0.3 is 14.6 Å². The lowest BCUT2D eigenvalue weighted by molar-refractivity contribution is -0.207. The Labute approximate surface area is 224 Å². The molecule has 0 radical (unpaired) electrons. The van der Waals surface area contributed by atoms with E-state index in [2.05, 4.69) is 15.2 Å². The molecule has 4 aromatic rings. The maximum Gasteiger partial charge on any atom is 0.416 e. The van der Waals surface area contributed by atoms with E-state index in [1.165, 1.54) is 28.9 Å². The van der Waals surface area contributed by atoms with Gasteiger partial charge in [-0.05, 0) is 43.3 Å². The molecule has 15 heteroatoms. The van der Waals surface area contributed by atoms with E-state index < -0.39 is 37.0 Å². The second kappa shape index (κ2) is 11.3. The van der Waals surface area contributed by atoms with E-state index in [1.54, 1.807) is 31.2 Å². The minimum absolute atomic E-state index is 0.0625. The molecule has 11 nitrogen and oxygen atoms in total. The van der Waals surface area contributed by atoms with Crippen LogP contribution in [0.5, 0.6) is 5.75 Å². The summed E-state index contributed by atoms with van der Waals surface area (Å²) in [6, 6.07) is 12.6. The minimum atomic E-state index is -4.97. The number of esters is 1. The number of methoxy groups -OCH3 is 1. The molecule has 0 aliphatic carbocycles. The molecule has 0 aliphatic heterocycles. The van der Waals surface area contributed by atoms with Crippen molar-refractivity contribution in [1.82, 2.24) is 29.1 Å². The summed E-state index contributed by atoms with van der Waals surface area (Å²) in [6.45, 7) is 0.595. The first kappa shape index (κ1) is 27.9. The zero-order valence-electron chi connectivity index (χ0n) is 20.6. The van der Waals surface area contributed by atoms with E-state index >= 15 is 0 Å². The molecule has 0 saturated carbocycles. The molecule has 2 aromatic heterocycles. The molecule has 0 aliphatic rings. The lowest BCUT2D eigenvalue weighted by Gasteiger charge is -2.15. The fourth-order valence-electron chi connectivity index (χ4n) is 3.65. The third-order valence-corrected chi connectivity index (χ3v) is 5.71. The van der Waals surface area contributed by atoms with Gasteiger partial charge in [0.05, 0.1) is 20.3 Å². The molecular weight excluding hydrogens is 545 g/mol. The van der Waals surface area contributed by atoms with Crippen LogP contribution in [0.15, 0.2) is 53.3 Å². The first-order valence-corrected chi connectivity index (χ1v) is 11.9. The number of hydrogen-bond acceptors (Lipinski definition) is 8. The standard InChI is InChI=1S/C24H22ClF3N6O5/c1-3-39-17-7-5-4-6-16(17)34-21(22(36)38-2)29-19(30-34)13-33-23(37)32(12-18(35)24(26,27)28)20(31-33)14-8-10-15(25)11-9-14/h4-11,18,35H,3,12-13H2,1-2H3/t18-/m0/s1. The molecule has 2 heterocycles. The topological polar surface area (TPSA) is 126 Å². The molecule has 0 bridgehead atoms. The summed E-state index contributed by atoms with van der Waals surface area (Å²) in [5.74, 6) is -0.860. The predicted molar refractivity (Wildman–Crippen MR) is 132 cm³/mol. The monoisotopic (exact) mass is 566 g/mol. The second-order valence-electron chi connectivity index (χ2n) is 8.09. The van der Waals surface area contributed by atoms with Crippen molar-refractivity contribution >= 4 is 17.6 Å². The van der Waals surface area contributed by atoms with Crippen LogP contribution in [0.4, 0.5) is 13.2 Å². The van der Waals surface area contributed by atoms with Crippen LogP contribution in [0.3, 0.4) is 0 Å². The van der Waals surface area contributed by atoms with Crippen LogP contribution in [0.25, 0.3) is 17.1 Å². The smallest absolute Gasteiger partial charge is 0.416 e. The van der Waals surface area contributed by atoms with Crippen molar-refractivity contribution in [3.8, 4) is 22.8 Å². The first-order valence-electron chi connectivity index (χ1n) is 11.5. The molecule has 0 unspecified atom stereocenters. The van der Waals surface area contributed by atoms with Gasteiger partial charge >= 0.3 is 17.8 Å². The summed E-state index contributed by atoms with van der Waals surface area (Å²) < 4.78 is 52.5. The van der Waals surface area contributed by atoms with Gasteiger partial charge in [-0.15, -0.1) is 10.2 Å². The lowest BCUT2D eigenvalue weighted by Crippen LogP contribution is -2.37. The van der Waals surface area contributed by atoms with Crippen LogP contribution in [0, 0.1) is 0 Å². The molecule has 0 fully saturated rings. The van der Waals surface area contributed by atoms with Gasteiger partial charge in [-0.25, -0.2) is 23.9 Å². The largest absolute Gasteiger partial charge is 0.492 e. The summed E-state index contributed by atoms with van der Waals surface area (Å²) >= 11 is 5.91. The number of para-hydroxylation sites is 2. The van der Waals surface area contributed by atoms with Crippen LogP contribution in [-0.2, 0) is 17.8 Å². The van der Waals surface area contributed by atoms with E-state index in [1.807, 2.05) is 0 Å². The Kier molecular flexibility index (Phi) is 8.06. The Morgan fingerprint density at radius 3 is 2.46 bits per heavy atom. The quantitative estimate of drug-likeness (QED) is 0.306. The molecule has 206 valence electrons. The zero-order chi connectivity index (χ0) is 28.3. The molecule has 1 N–H and O–H groups in total. The molecule has 4 rings (SSSR count). The number of hydrogen-bond donors (Lipinski definition) is 1. The van der Waals surface area contributed by atoms with Gasteiger partial charge in [0, 0.05) is 10.6 Å². The molecule has 0 saturated heterocycles. The summed E-state index contributed by atoms with van der Waals surface area (Å²) in [5, 5.41) is 18.5. The Morgan fingerprint density at radius 1 is 1.13 bits per heavy atom. The maximum absolute atomic E-state index is 13.2. The Bertz CT molecular complexity index is 1530. The number of carbonyl (C=O) groups is 1. The molecule has 1 atom stereocenters. The van der Waals surface area contributed by atoms with Gasteiger partial charge in [0.15, 0.2) is 17.8 Å². The van der Waals surface area contributed by atoms with Crippen LogP contribution in [0.2, 0.25) is 5.02 Å². The fraction of sp³-hybridized carbons (Fsp3) is 0.292. The number of carbonyl (C=O) groups excluding carboxylic acids is 1. The third-order valence-electron chi connectivity index (χ3n) is 5.46. The van der Waals surface area contributed by atoms with Crippen molar-refractivity contribution in [1.29, 1.82) is 0 Å². The van der Waals surface area contributed by atoms with Gasteiger partial charge in [0.25, 0.3) is 0 Å². The second-order valence-corrected chi connectivity index (χ2v) is 8.53. The minimum Gasteiger partial charge on any atom is -0.492 e. The molecule has 2 aromatic carbocycles. The van der Waals surface area contributed by atoms with E-state index in [4.69, 9.17) is 21.1 Å². The number of rotatable bonds is 9. The highest BCUT2D eigenvalue weighted by atomic mass is 35.5. The molecular formula is C24H22ClF3N6O5. The van der Waals surface area contributed by atoms with E-state index in [0.717, 1.165) is 11.8 Å². The normalized spacial score (nSPS) is 12.4. The predicted octanol–water partition coefficient (Wildman–Crippen LogP) is 3.10. The van der Waals surface area contributed by atoms with Gasteiger partial charge in [0.1, 0.15) is 18.0 Å². The first-order chi connectivity index (χ1) is 18.5. The number of nitrogens with zero attached hydrogens (tertiary/aromatic N) is 6. The summed E-state index contributed by atoms with van der Waals surface area (Å²) in [6.07, 6.45) is -7.79. The Balaban J connectivity index is 1.79. The van der Waals surface area contributed by atoms with Crippen LogP contribution in [-0.4, -0.2) is 66.2 Å². The van der Waals surface area contributed by atoms with E-state index in [0.29, 0.717) is 27.6 Å². The Morgan fingerprint density at radius 2 is 1.82 bits per heavy atom. The van der Waals surface area contributed by atoms with E-state index in [-0.39, 0.29) is 23.0 Å². The average molecular weight is 567 g/mol. The van der Waals surface area contributed by atoms with Crippen molar-refractivity contribution in [2.75, 3.05) is 13.7 Å². The van der Waals surface area contributed by atoms with Crippen molar-refractivity contribution in [3.63, 3.8) is 0 Å². The van der Waals surface area contributed by atoms with Gasteiger partial charge in [0.2, 0.25) is 5.82 Å². The fourth-order valence-corrected chi connectivity index (χ4v) is 3.78. The number of benzene rings is 2. The maximum atomic E-state index is 13.2. The average Bonchev–Trinajstić information content (AvgIpc) is 3.45. The van der Waals surface area contributed by atoms with E-state index in [9.17, 15) is 27.9 Å². The van der Waals surface area contributed by atoms with Crippen LogP contribution in [0.1, 0.15) is 23.4 Å². The highest BCUT2D eigenvalue weighted by molar-refractivity contribution is 6.30. The zero-order valence-corrected chi connectivity index (χ0v) is 21.3. The molecule has 0 spiro atoms. The number of halogens is 4. The number of aliphatic hydroxyl groups excluding tert-OH is 1. The highest BCUT2D eigenvalue weighted by Crippen LogP contribution is 2.25. The number of alkyl halides is 3. The number of ether oxygens (including phenoxy) is 2.